The summed E-state index contributed by atoms with van der Waals surface area (Å²) in [6.07, 6.45) is 2.68. The van der Waals surface area contributed by atoms with Crippen LogP contribution in [-0.4, -0.2) is 27.6 Å². The minimum atomic E-state index is -0.355. The standard InChI is InChI=1S/C13H14N4O2/c1-17-11-4-2-9(6-8(11)7-14-17)15-10-3-5-12(18)16-13(10)19/h2,4,6-7,10,15H,3,5H2,1H3,(H,16,18,19). The molecular formula is C13H14N4O2. The van der Waals surface area contributed by atoms with Gasteiger partial charge in [0.25, 0.3) is 0 Å². The average Bonchev–Trinajstić information content (AvgIpc) is 2.74. The Kier molecular flexibility index (Phi) is 2.70. The van der Waals surface area contributed by atoms with Gasteiger partial charge in [0.1, 0.15) is 6.04 Å². The number of aromatic nitrogens is 2. The molecule has 1 aliphatic rings. The quantitative estimate of drug-likeness (QED) is 0.781. The van der Waals surface area contributed by atoms with Crippen LogP contribution in [0.15, 0.2) is 24.4 Å². The topological polar surface area (TPSA) is 76.0 Å². The lowest BCUT2D eigenvalue weighted by Crippen LogP contribution is -2.47. The molecule has 6 heteroatoms. The monoisotopic (exact) mass is 258 g/mol. The molecule has 1 saturated heterocycles. The number of hydrogen-bond donors (Lipinski definition) is 2. The molecule has 98 valence electrons. The maximum atomic E-state index is 11.7. The highest BCUT2D eigenvalue weighted by atomic mass is 16.2. The summed E-state index contributed by atoms with van der Waals surface area (Å²) in [5.74, 6) is -0.465. The third kappa shape index (κ3) is 2.16. The molecule has 0 radical (unpaired) electrons. The van der Waals surface area contributed by atoms with Crippen LogP contribution in [-0.2, 0) is 16.6 Å². The molecule has 2 aromatic rings. The number of rotatable bonds is 2. The van der Waals surface area contributed by atoms with E-state index in [1.165, 1.54) is 0 Å². The Morgan fingerprint density at radius 1 is 1.42 bits per heavy atom. The number of piperidine rings is 1. The van der Waals surface area contributed by atoms with Crippen LogP contribution in [0, 0.1) is 0 Å². The van der Waals surface area contributed by atoms with Crippen molar-refractivity contribution in [2.45, 2.75) is 18.9 Å². The Balaban J connectivity index is 1.81. The lowest BCUT2D eigenvalue weighted by atomic mass is 10.1. The summed E-state index contributed by atoms with van der Waals surface area (Å²) in [6.45, 7) is 0. The zero-order valence-electron chi connectivity index (χ0n) is 10.5. The Morgan fingerprint density at radius 2 is 2.26 bits per heavy atom. The largest absolute Gasteiger partial charge is 0.374 e. The van der Waals surface area contributed by atoms with E-state index in [0.29, 0.717) is 12.8 Å². The number of nitrogens with one attached hydrogen (secondary N) is 2. The van der Waals surface area contributed by atoms with Gasteiger partial charge in [-0.2, -0.15) is 5.10 Å². The van der Waals surface area contributed by atoms with Crippen LogP contribution in [0.4, 0.5) is 5.69 Å². The van der Waals surface area contributed by atoms with Crippen molar-refractivity contribution in [3.05, 3.63) is 24.4 Å². The number of imide groups is 1. The summed E-state index contributed by atoms with van der Waals surface area (Å²) in [4.78, 5) is 22.7. The molecule has 0 saturated carbocycles. The Morgan fingerprint density at radius 3 is 3.05 bits per heavy atom. The molecule has 1 fully saturated rings. The van der Waals surface area contributed by atoms with E-state index < -0.39 is 0 Å². The maximum Gasteiger partial charge on any atom is 0.249 e. The van der Waals surface area contributed by atoms with Gasteiger partial charge >= 0.3 is 0 Å². The predicted molar refractivity (Wildman–Crippen MR) is 70.5 cm³/mol. The molecule has 1 atom stereocenters. The smallest absolute Gasteiger partial charge is 0.249 e. The molecular weight excluding hydrogens is 244 g/mol. The molecule has 1 aromatic carbocycles. The van der Waals surface area contributed by atoms with Crippen LogP contribution in [0.1, 0.15) is 12.8 Å². The molecule has 1 aromatic heterocycles. The van der Waals surface area contributed by atoms with E-state index in [4.69, 9.17) is 0 Å². The lowest BCUT2D eigenvalue weighted by Gasteiger charge is -2.22. The van der Waals surface area contributed by atoms with Crippen molar-refractivity contribution >= 4 is 28.4 Å². The molecule has 1 unspecified atom stereocenters. The van der Waals surface area contributed by atoms with E-state index in [-0.39, 0.29) is 17.9 Å². The fourth-order valence-electron chi connectivity index (χ4n) is 2.29. The van der Waals surface area contributed by atoms with Crippen molar-refractivity contribution in [3.63, 3.8) is 0 Å². The summed E-state index contributed by atoms with van der Waals surface area (Å²) >= 11 is 0. The van der Waals surface area contributed by atoms with Crippen LogP contribution in [0.3, 0.4) is 0 Å². The normalized spacial score (nSPS) is 19.5. The van der Waals surface area contributed by atoms with Crippen LogP contribution in [0.5, 0.6) is 0 Å². The zero-order valence-corrected chi connectivity index (χ0v) is 10.5. The third-order valence-electron chi connectivity index (χ3n) is 3.33. The first kappa shape index (κ1) is 11.7. The summed E-state index contributed by atoms with van der Waals surface area (Å²) < 4.78 is 1.80. The van der Waals surface area contributed by atoms with Gasteiger partial charge in [-0.3, -0.25) is 19.6 Å². The van der Waals surface area contributed by atoms with Gasteiger partial charge in [0, 0.05) is 24.5 Å². The Bertz CT molecular complexity index is 662. The fraction of sp³-hybridized carbons (Fsp3) is 0.308. The highest BCUT2D eigenvalue weighted by molar-refractivity contribution is 6.01. The second-order valence-electron chi connectivity index (χ2n) is 4.69. The zero-order chi connectivity index (χ0) is 13.4. The molecule has 3 rings (SSSR count). The minimum Gasteiger partial charge on any atom is -0.374 e. The van der Waals surface area contributed by atoms with Crippen molar-refractivity contribution in [1.29, 1.82) is 0 Å². The molecule has 1 aliphatic heterocycles. The van der Waals surface area contributed by atoms with Crippen molar-refractivity contribution in [2.75, 3.05) is 5.32 Å². The van der Waals surface area contributed by atoms with E-state index in [2.05, 4.69) is 15.7 Å². The van der Waals surface area contributed by atoms with Gasteiger partial charge in [0.15, 0.2) is 0 Å². The highest BCUT2D eigenvalue weighted by Crippen LogP contribution is 2.20. The number of anilines is 1. The van der Waals surface area contributed by atoms with E-state index in [1.54, 1.807) is 10.9 Å². The maximum absolute atomic E-state index is 11.7. The minimum absolute atomic E-state index is 0.203. The molecule has 19 heavy (non-hydrogen) atoms. The second kappa shape index (κ2) is 4.38. The van der Waals surface area contributed by atoms with Crippen molar-refractivity contribution in [2.24, 2.45) is 7.05 Å². The number of carbonyl (C=O) groups excluding carboxylic acids is 2. The number of amides is 2. The fourth-order valence-corrected chi connectivity index (χ4v) is 2.29. The van der Waals surface area contributed by atoms with Crippen LogP contribution >= 0.6 is 0 Å². The first-order valence-electron chi connectivity index (χ1n) is 6.15. The van der Waals surface area contributed by atoms with E-state index >= 15 is 0 Å². The van der Waals surface area contributed by atoms with Crippen molar-refractivity contribution < 1.29 is 9.59 Å². The second-order valence-corrected chi connectivity index (χ2v) is 4.69. The van der Waals surface area contributed by atoms with Gasteiger partial charge in [-0.1, -0.05) is 0 Å². The third-order valence-corrected chi connectivity index (χ3v) is 3.33. The number of carbonyl (C=O) groups is 2. The number of aryl methyl sites for hydroxylation is 1. The summed E-state index contributed by atoms with van der Waals surface area (Å²) in [7, 11) is 1.88. The van der Waals surface area contributed by atoms with Gasteiger partial charge in [-0.25, -0.2) is 0 Å². The first-order valence-corrected chi connectivity index (χ1v) is 6.15. The molecule has 0 aliphatic carbocycles. The molecule has 6 nitrogen and oxygen atoms in total. The first-order chi connectivity index (χ1) is 9.13. The van der Waals surface area contributed by atoms with Gasteiger partial charge in [0.2, 0.25) is 11.8 Å². The van der Waals surface area contributed by atoms with Gasteiger partial charge in [-0.05, 0) is 24.6 Å². The van der Waals surface area contributed by atoms with Crippen LogP contribution in [0.2, 0.25) is 0 Å². The molecule has 0 bridgehead atoms. The SMILES string of the molecule is Cn1ncc2cc(NC3CCC(=O)NC3=O)ccc21. The van der Waals surface area contributed by atoms with Crippen molar-refractivity contribution in [3.8, 4) is 0 Å². The van der Waals surface area contributed by atoms with Gasteiger partial charge < -0.3 is 5.32 Å². The van der Waals surface area contributed by atoms with E-state index in [0.717, 1.165) is 16.6 Å². The molecule has 2 amide bonds. The summed E-state index contributed by atoms with van der Waals surface area (Å²) in [5.41, 5.74) is 1.89. The number of nitrogens with zero attached hydrogens (tertiary/aromatic N) is 2. The number of benzene rings is 1. The van der Waals surface area contributed by atoms with Gasteiger partial charge in [-0.15, -0.1) is 0 Å². The van der Waals surface area contributed by atoms with Crippen LogP contribution in [0.25, 0.3) is 10.9 Å². The Hall–Kier alpha value is -2.37. The van der Waals surface area contributed by atoms with E-state index in [1.807, 2.05) is 25.2 Å². The summed E-state index contributed by atoms with van der Waals surface area (Å²) in [5, 5.41) is 10.7. The van der Waals surface area contributed by atoms with E-state index in [9.17, 15) is 9.59 Å². The highest BCUT2D eigenvalue weighted by Gasteiger charge is 2.26. The predicted octanol–water partition coefficient (Wildman–Crippen LogP) is 0.790. The summed E-state index contributed by atoms with van der Waals surface area (Å²) in [6, 6.07) is 5.46. The number of fused-ring (bicyclic) bond motifs is 1. The molecule has 2 heterocycles. The van der Waals surface area contributed by atoms with Crippen molar-refractivity contribution in [1.82, 2.24) is 15.1 Å². The average molecular weight is 258 g/mol. The number of hydrogen-bond acceptors (Lipinski definition) is 4. The van der Waals surface area contributed by atoms with Gasteiger partial charge in [0.05, 0.1) is 11.7 Å². The Labute approximate surface area is 109 Å². The lowest BCUT2D eigenvalue weighted by molar-refractivity contribution is -0.133. The molecule has 0 spiro atoms. The molecule has 2 N–H and O–H groups in total. The van der Waals surface area contributed by atoms with Crippen LogP contribution < -0.4 is 10.6 Å².